The largest absolute Gasteiger partial charge is 0.496 e. The van der Waals surface area contributed by atoms with Crippen LogP contribution in [-0.2, 0) is 11.3 Å². The molecule has 1 saturated heterocycles. The first-order chi connectivity index (χ1) is 10.8. The molecular weight excluding hydrogens is 280 g/mol. The van der Waals surface area contributed by atoms with Crippen molar-refractivity contribution in [3.8, 4) is 5.75 Å². The number of nitrogens with one attached hydrogen (secondary N) is 1. The van der Waals surface area contributed by atoms with E-state index in [0.717, 1.165) is 22.1 Å². The highest BCUT2D eigenvalue weighted by molar-refractivity contribution is 5.88. The number of amides is 2. The van der Waals surface area contributed by atoms with Crippen LogP contribution in [-0.4, -0.2) is 44.3 Å². The van der Waals surface area contributed by atoms with E-state index in [1.807, 2.05) is 30.3 Å². The quantitative estimate of drug-likeness (QED) is 0.947. The van der Waals surface area contributed by atoms with Crippen molar-refractivity contribution in [1.29, 1.82) is 0 Å². The molecule has 0 saturated carbocycles. The zero-order valence-electron chi connectivity index (χ0n) is 12.7. The van der Waals surface area contributed by atoms with Gasteiger partial charge in [0.25, 0.3) is 0 Å². The number of rotatable bonds is 3. The SMILES string of the molecule is COc1ccc2ccccc2c1CNC(=O)N1CCOCC1. The Bertz CT molecular complexity index is 666. The van der Waals surface area contributed by atoms with Crippen molar-refractivity contribution in [3.63, 3.8) is 0 Å². The summed E-state index contributed by atoms with van der Waals surface area (Å²) in [6.45, 7) is 2.92. The maximum absolute atomic E-state index is 12.2. The normalized spacial score (nSPS) is 14.9. The molecule has 1 heterocycles. The minimum Gasteiger partial charge on any atom is -0.496 e. The average molecular weight is 300 g/mol. The summed E-state index contributed by atoms with van der Waals surface area (Å²) >= 11 is 0. The van der Waals surface area contributed by atoms with Gasteiger partial charge in [0.15, 0.2) is 0 Å². The number of methoxy groups -OCH3 is 1. The van der Waals surface area contributed by atoms with Gasteiger partial charge in [0.05, 0.1) is 20.3 Å². The van der Waals surface area contributed by atoms with Gasteiger partial charge >= 0.3 is 6.03 Å². The lowest BCUT2D eigenvalue weighted by Crippen LogP contribution is -2.45. The van der Waals surface area contributed by atoms with Crippen molar-refractivity contribution >= 4 is 16.8 Å². The first-order valence-electron chi connectivity index (χ1n) is 7.45. The lowest BCUT2D eigenvalue weighted by atomic mass is 10.0. The van der Waals surface area contributed by atoms with E-state index in [-0.39, 0.29) is 6.03 Å². The summed E-state index contributed by atoms with van der Waals surface area (Å²) in [5.74, 6) is 0.793. The Hall–Kier alpha value is -2.27. The van der Waals surface area contributed by atoms with Crippen LogP contribution in [0.2, 0.25) is 0 Å². The Balaban J connectivity index is 1.79. The summed E-state index contributed by atoms with van der Waals surface area (Å²) < 4.78 is 10.7. The third kappa shape index (κ3) is 2.99. The number of fused-ring (bicyclic) bond motifs is 1. The average Bonchev–Trinajstić information content (AvgIpc) is 2.60. The molecule has 0 radical (unpaired) electrons. The van der Waals surface area contributed by atoms with Crippen molar-refractivity contribution in [2.45, 2.75) is 6.54 Å². The fourth-order valence-corrected chi connectivity index (χ4v) is 2.73. The molecule has 1 N–H and O–H groups in total. The van der Waals surface area contributed by atoms with E-state index in [2.05, 4.69) is 11.4 Å². The molecule has 0 atom stereocenters. The van der Waals surface area contributed by atoms with Crippen LogP contribution in [0, 0.1) is 0 Å². The lowest BCUT2D eigenvalue weighted by molar-refractivity contribution is 0.0531. The molecule has 1 aliphatic rings. The van der Waals surface area contributed by atoms with Gasteiger partial charge in [-0.1, -0.05) is 30.3 Å². The molecule has 0 unspecified atom stereocenters. The Labute approximate surface area is 129 Å². The highest BCUT2D eigenvalue weighted by Crippen LogP contribution is 2.27. The summed E-state index contributed by atoms with van der Waals surface area (Å²) in [7, 11) is 1.65. The van der Waals surface area contributed by atoms with Crippen LogP contribution in [0.5, 0.6) is 5.75 Å². The molecular formula is C17H20N2O3. The number of hydrogen-bond donors (Lipinski definition) is 1. The first kappa shape index (κ1) is 14.7. The molecule has 1 aliphatic heterocycles. The second-order valence-corrected chi connectivity index (χ2v) is 5.23. The van der Waals surface area contributed by atoms with Gasteiger partial charge in [0, 0.05) is 25.2 Å². The molecule has 2 amide bonds. The number of benzene rings is 2. The Kier molecular flexibility index (Phi) is 4.44. The number of ether oxygens (including phenoxy) is 2. The summed E-state index contributed by atoms with van der Waals surface area (Å²) in [5, 5.41) is 5.23. The predicted molar refractivity (Wildman–Crippen MR) is 85.1 cm³/mol. The summed E-state index contributed by atoms with van der Waals surface area (Å²) in [5.41, 5.74) is 1.00. The van der Waals surface area contributed by atoms with Crippen molar-refractivity contribution in [3.05, 3.63) is 42.0 Å². The molecule has 0 bridgehead atoms. The molecule has 0 aromatic heterocycles. The second-order valence-electron chi connectivity index (χ2n) is 5.23. The zero-order valence-corrected chi connectivity index (χ0v) is 12.7. The Morgan fingerprint density at radius 3 is 2.77 bits per heavy atom. The van der Waals surface area contributed by atoms with Crippen LogP contribution in [0.4, 0.5) is 4.79 Å². The lowest BCUT2D eigenvalue weighted by Gasteiger charge is -2.27. The van der Waals surface area contributed by atoms with E-state index in [0.29, 0.717) is 32.8 Å². The van der Waals surface area contributed by atoms with Gasteiger partial charge in [-0.3, -0.25) is 0 Å². The predicted octanol–water partition coefficient (Wildman–Crippen LogP) is 2.39. The van der Waals surface area contributed by atoms with Gasteiger partial charge in [0.2, 0.25) is 0 Å². The number of nitrogens with zero attached hydrogens (tertiary/aromatic N) is 1. The van der Waals surface area contributed by atoms with Crippen molar-refractivity contribution < 1.29 is 14.3 Å². The maximum Gasteiger partial charge on any atom is 0.317 e. The second kappa shape index (κ2) is 6.66. The molecule has 22 heavy (non-hydrogen) atoms. The maximum atomic E-state index is 12.2. The van der Waals surface area contributed by atoms with Gasteiger partial charge in [-0.25, -0.2) is 4.79 Å². The third-order valence-electron chi connectivity index (χ3n) is 3.93. The van der Waals surface area contributed by atoms with Crippen molar-refractivity contribution in [2.24, 2.45) is 0 Å². The molecule has 3 rings (SSSR count). The molecule has 0 aliphatic carbocycles. The molecule has 2 aromatic carbocycles. The highest BCUT2D eigenvalue weighted by atomic mass is 16.5. The number of carbonyl (C=O) groups is 1. The standard InChI is InChI=1S/C17H20N2O3/c1-21-16-7-6-13-4-2-3-5-14(13)15(16)12-18-17(20)19-8-10-22-11-9-19/h2-7H,8-12H2,1H3,(H,18,20). The topological polar surface area (TPSA) is 50.8 Å². The van der Waals surface area contributed by atoms with Crippen molar-refractivity contribution in [1.82, 2.24) is 10.2 Å². The van der Waals surface area contributed by atoms with E-state index in [1.54, 1.807) is 12.0 Å². The number of hydrogen-bond acceptors (Lipinski definition) is 3. The molecule has 2 aromatic rings. The molecule has 5 nitrogen and oxygen atoms in total. The van der Waals surface area contributed by atoms with Crippen LogP contribution in [0.25, 0.3) is 10.8 Å². The van der Waals surface area contributed by atoms with Crippen molar-refractivity contribution in [2.75, 3.05) is 33.4 Å². The van der Waals surface area contributed by atoms with E-state index >= 15 is 0 Å². The van der Waals surface area contributed by atoms with E-state index in [9.17, 15) is 4.79 Å². The summed E-state index contributed by atoms with van der Waals surface area (Å²) in [6.07, 6.45) is 0. The van der Waals surface area contributed by atoms with Gasteiger partial charge in [0.1, 0.15) is 5.75 Å². The summed E-state index contributed by atoms with van der Waals surface area (Å²) in [6, 6.07) is 12.0. The Morgan fingerprint density at radius 1 is 1.23 bits per heavy atom. The van der Waals surface area contributed by atoms with E-state index in [4.69, 9.17) is 9.47 Å². The van der Waals surface area contributed by atoms with Crippen LogP contribution in [0.15, 0.2) is 36.4 Å². The van der Waals surface area contributed by atoms with Crippen LogP contribution in [0.1, 0.15) is 5.56 Å². The monoisotopic (exact) mass is 300 g/mol. The Morgan fingerprint density at radius 2 is 2.00 bits per heavy atom. The van der Waals surface area contributed by atoms with E-state index < -0.39 is 0 Å². The fraction of sp³-hybridized carbons (Fsp3) is 0.353. The summed E-state index contributed by atoms with van der Waals surface area (Å²) in [4.78, 5) is 14.0. The third-order valence-corrected chi connectivity index (χ3v) is 3.93. The number of carbonyl (C=O) groups excluding carboxylic acids is 1. The van der Waals surface area contributed by atoms with Crippen LogP contribution in [0.3, 0.4) is 0 Å². The number of urea groups is 1. The van der Waals surface area contributed by atoms with E-state index in [1.165, 1.54) is 0 Å². The molecule has 1 fully saturated rings. The van der Waals surface area contributed by atoms with Gasteiger partial charge in [-0.15, -0.1) is 0 Å². The zero-order chi connectivity index (χ0) is 15.4. The fourth-order valence-electron chi connectivity index (χ4n) is 2.73. The first-order valence-corrected chi connectivity index (χ1v) is 7.45. The minimum atomic E-state index is -0.0571. The van der Waals surface area contributed by atoms with Gasteiger partial charge in [-0.2, -0.15) is 0 Å². The van der Waals surface area contributed by atoms with Gasteiger partial charge < -0.3 is 19.7 Å². The highest BCUT2D eigenvalue weighted by Gasteiger charge is 2.17. The van der Waals surface area contributed by atoms with Gasteiger partial charge in [-0.05, 0) is 16.8 Å². The number of morpholine rings is 1. The van der Waals surface area contributed by atoms with Crippen LogP contribution >= 0.6 is 0 Å². The molecule has 5 heteroatoms. The van der Waals surface area contributed by atoms with Crippen LogP contribution < -0.4 is 10.1 Å². The smallest absolute Gasteiger partial charge is 0.317 e. The molecule has 116 valence electrons. The minimum absolute atomic E-state index is 0.0571. The molecule has 0 spiro atoms.